The summed E-state index contributed by atoms with van der Waals surface area (Å²) in [7, 11) is -25.7. The van der Waals surface area contributed by atoms with Crippen LogP contribution in [-0.2, 0) is 67.7 Å². The molecule has 0 amide bonds. The summed E-state index contributed by atoms with van der Waals surface area (Å²) in [5.74, 6) is -3.70. The van der Waals surface area contributed by atoms with E-state index in [4.69, 9.17) is 11.6 Å². The van der Waals surface area contributed by atoms with Crippen LogP contribution >= 0.6 is 11.6 Å². The number of halogens is 1. The molecule has 69 heavy (non-hydrogen) atoms. The number of anilines is 4. The van der Waals surface area contributed by atoms with Gasteiger partial charge >= 0.3 is 7.13 Å². The Hall–Kier alpha value is -6.59. The first kappa shape index (κ1) is 51.8. The van der Waals surface area contributed by atoms with E-state index in [0.717, 1.165) is 60.7 Å². The van der Waals surface area contributed by atoms with E-state index in [1.165, 1.54) is 12.1 Å². The fourth-order valence-corrected chi connectivity index (χ4v) is 9.63. The third-order valence-corrected chi connectivity index (χ3v) is 13.6. The molecule has 0 aliphatic rings. The van der Waals surface area contributed by atoms with Gasteiger partial charge in [0, 0.05) is 50.0 Å². The van der Waals surface area contributed by atoms with Gasteiger partial charge in [0.2, 0.25) is 17.2 Å². The van der Waals surface area contributed by atoms with E-state index < -0.39 is 142 Å². The van der Waals surface area contributed by atoms with Gasteiger partial charge in [-0.15, -0.1) is 20.5 Å². The number of aromatic nitrogens is 3. The number of hydrogen-bond acceptors (Lipinski definition) is 22. The topological polar surface area (TPSA) is 445 Å². The first-order chi connectivity index (χ1) is 31.5. The Morgan fingerprint density at radius 3 is 1.64 bits per heavy atom. The fourth-order valence-electron chi connectivity index (χ4n) is 6.22. The summed E-state index contributed by atoms with van der Waals surface area (Å²) >= 11 is 6.02. The summed E-state index contributed by atoms with van der Waals surface area (Å²) in [6.45, 7) is 0. The smallest absolute Gasteiger partial charge is 0.506 e. The first-order valence-electron chi connectivity index (χ1n) is 17.7. The molecule has 0 fully saturated rings. The van der Waals surface area contributed by atoms with Crippen LogP contribution in [0.2, 0.25) is 5.28 Å². The molecule has 0 atom stereocenters. The number of aromatic hydroxyl groups is 3. The molecule has 0 spiro atoms. The molecule has 6 aromatic carbocycles. The SMILES string of the molecule is O=S(=O)(O)c1cccc(Nc2nc(Cl)nc(Nc3ccc(N=Nc4c(S(=O)(=O)O)cc5c(N=Nc6cc(S(=O)(=O)O)c7cccc(S(=O)(=O)O)c7c6O)c(O)ccc5c4O)c(S(=O)(=O)O)c3)n2)c1.[Cu].[H+].[H+].[H+].[H+].[H+]. The zero-order valence-corrected chi connectivity index (χ0v) is 38.9. The van der Waals surface area contributed by atoms with Crippen LogP contribution in [0.15, 0.2) is 130 Å². The molecule has 1 heterocycles. The molecule has 0 aliphatic carbocycles. The fraction of sp³-hybridized carbons (Fsp3) is 0. The van der Waals surface area contributed by atoms with Gasteiger partial charge < -0.3 is 26.0 Å². The van der Waals surface area contributed by atoms with Crippen LogP contribution in [-0.4, -0.2) is 95.1 Å². The van der Waals surface area contributed by atoms with Crippen molar-refractivity contribution in [3.63, 3.8) is 0 Å². The average molecular weight is 1120 g/mol. The maximum Gasteiger partial charge on any atom is 1.00 e. The Kier molecular flexibility index (Phi) is 14.1. The van der Waals surface area contributed by atoms with Crippen molar-refractivity contribution in [2.45, 2.75) is 24.5 Å². The Bertz CT molecular complexity index is 3990. The van der Waals surface area contributed by atoms with E-state index in [1.807, 2.05) is 0 Å². The van der Waals surface area contributed by atoms with Crippen LogP contribution in [0.4, 0.5) is 46.0 Å². The van der Waals surface area contributed by atoms with E-state index in [2.05, 4.69) is 46.0 Å². The summed E-state index contributed by atoms with van der Waals surface area (Å²) < 4.78 is 172. The number of phenols is 3. The summed E-state index contributed by atoms with van der Waals surface area (Å²) in [6, 6.07) is 13.4. The van der Waals surface area contributed by atoms with Crippen molar-refractivity contribution in [1.82, 2.24) is 15.0 Å². The summed E-state index contributed by atoms with van der Waals surface area (Å²) in [5.41, 5.74) is -3.51. The van der Waals surface area contributed by atoms with Gasteiger partial charge in [-0.3, -0.25) is 22.8 Å². The number of benzene rings is 6. The third-order valence-electron chi connectivity index (χ3n) is 9.06. The number of phenolic OH excluding ortho intramolecular Hbond substituents is 3. The van der Waals surface area contributed by atoms with Gasteiger partial charge in [-0.25, -0.2) is 0 Å². The van der Waals surface area contributed by atoms with Crippen LogP contribution in [0.5, 0.6) is 17.2 Å². The standard InChI is InChI=1S/C35H24ClN9O18S5.Cu/c36-33-39-34(37-15-3-1-4-17(11-15)64(49,50)51)41-35(40-33)38-16-7-9-21(26(12-16)67(58,59)60)42-45-30-27(68(61,62)63)13-20-18(31(30)47)8-10-23(46)29(20)44-43-22-14-25(66(55,56)57)19-5-2-6-24(65(52,53)54)28(19)32(22)48;/h1-14,46-48H,(H,49,50,51)(H,52,53,54)(H,55,56,57)(H,58,59,60)(H,61,62,63)(H2,37,38,39,40,41);/p+5. The van der Waals surface area contributed by atoms with Crippen LogP contribution in [0, 0.1) is 0 Å². The molecule has 0 bridgehead atoms. The van der Waals surface area contributed by atoms with Crippen LogP contribution in [0.1, 0.15) is 7.13 Å². The molecular weight excluding hydrogens is 1090 g/mol. The van der Waals surface area contributed by atoms with Crippen molar-refractivity contribution in [2.75, 3.05) is 10.6 Å². The molecule has 7 rings (SSSR count). The number of nitrogens with zero attached hydrogens (tertiary/aromatic N) is 7. The molecular formula is C35H29ClCuN9O18S5+5. The second-order valence-corrected chi connectivity index (χ2v) is 20.8. The third kappa shape index (κ3) is 11.2. The van der Waals surface area contributed by atoms with E-state index in [0.29, 0.717) is 12.1 Å². The van der Waals surface area contributed by atoms with Crippen LogP contribution in [0.25, 0.3) is 21.5 Å². The molecule has 7 aromatic rings. The zero-order chi connectivity index (χ0) is 49.9. The maximum atomic E-state index is 12.7. The van der Waals surface area contributed by atoms with Gasteiger partial charge in [0.05, 0.1) is 4.90 Å². The summed E-state index contributed by atoms with van der Waals surface area (Å²) in [6.07, 6.45) is 0. The normalized spacial score (nSPS) is 12.7. The molecule has 10 N–H and O–H groups in total. The monoisotopic (exact) mass is 1120 g/mol. The summed E-state index contributed by atoms with van der Waals surface area (Å²) in [5, 5.41) is 50.2. The van der Waals surface area contributed by atoms with Crippen LogP contribution in [0.3, 0.4) is 0 Å². The molecule has 1 radical (unpaired) electrons. The second-order valence-electron chi connectivity index (χ2n) is 13.5. The largest absolute Gasteiger partial charge is 1.00 e. The van der Waals surface area contributed by atoms with E-state index >= 15 is 0 Å². The summed E-state index contributed by atoms with van der Waals surface area (Å²) in [4.78, 5) is 6.98. The van der Waals surface area contributed by atoms with Gasteiger partial charge in [-0.05, 0) is 78.3 Å². The number of nitrogens with one attached hydrogen (secondary N) is 2. The molecule has 0 aliphatic heterocycles. The maximum absolute atomic E-state index is 12.7. The zero-order valence-electron chi connectivity index (χ0n) is 38.1. The molecule has 365 valence electrons. The van der Waals surface area contributed by atoms with Gasteiger partial charge in [0.25, 0.3) is 50.6 Å². The van der Waals surface area contributed by atoms with Crippen LogP contribution < -0.4 is 10.6 Å². The van der Waals surface area contributed by atoms with E-state index in [1.54, 1.807) is 0 Å². The number of fused-ring (bicyclic) bond motifs is 2. The molecule has 0 unspecified atom stereocenters. The van der Waals surface area contributed by atoms with E-state index in [9.17, 15) is 80.2 Å². The predicted octanol–water partition coefficient (Wildman–Crippen LogP) is 7.06. The molecule has 0 saturated carbocycles. The van der Waals surface area contributed by atoms with Crippen molar-refractivity contribution in [1.29, 1.82) is 0 Å². The minimum atomic E-state index is -5.47. The Labute approximate surface area is 410 Å². The van der Waals surface area contributed by atoms with Gasteiger partial charge in [-0.1, -0.05) is 18.2 Å². The minimum absolute atomic E-state index is 0. The van der Waals surface area contributed by atoms with Crippen molar-refractivity contribution in [3.05, 3.63) is 90.2 Å². The Morgan fingerprint density at radius 2 is 1.04 bits per heavy atom. The van der Waals surface area contributed by atoms with Gasteiger partial charge in [-0.2, -0.15) is 57.0 Å². The molecule has 34 heteroatoms. The van der Waals surface area contributed by atoms with Crippen molar-refractivity contribution in [2.24, 2.45) is 20.5 Å². The van der Waals surface area contributed by atoms with Crippen molar-refractivity contribution in [3.8, 4) is 17.2 Å². The second kappa shape index (κ2) is 18.7. The molecule has 1 aromatic heterocycles. The average Bonchev–Trinajstić information content (AvgIpc) is 3.21. The molecule has 0 saturated heterocycles. The minimum Gasteiger partial charge on any atom is -0.506 e. The van der Waals surface area contributed by atoms with Gasteiger partial charge in [0.1, 0.15) is 48.1 Å². The Balaban J connectivity index is 0.00000456. The predicted molar refractivity (Wildman–Crippen MR) is 240 cm³/mol. The number of azo groups is 2. The first-order valence-corrected chi connectivity index (χ1v) is 25.3. The number of hydrogen-bond donors (Lipinski definition) is 10. The quantitative estimate of drug-likeness (QED) is 0.0314. The Morgan fingerprint density at radius 1 is 0.478 bits per heavy atom. The van der Waals surface area contributed by atoms with Gasteiger partial charge in [0.15, 0.2) is 11.5 Å². The molecule has 27 nitrogen and oxygen atoms in total. The number of rotatable bonds is 13. The van der Waals surface area contributed by atoms with E-state index in [-0.39, 0.29) is 47.5 Å². The van der Waals surface area contributed by atoms with Crippen molar-refractivity contribution < 1.29 is 104 Å². The van der Waals surface area contributed by atoms with Crippen molar-refractivity contribution >= 4 is 130 Å².